The maximum absolute atomic E-state index is 11.8. The Hall–Kier alpha value is -2.82. The molecule has 1 aromatic carbocycles. The van der Waals surface area contributed by atoms with Gasteiger partial charge in [-0.2, -0.15) is 0 Å². The minimum Gasteiger partial charge on any atom is -0.399 e. The molecule has 0 amide bonds. The SMILES string of the molecule is [C-]#[N+]c1cc2c(B3OC(C)(C)C(C)(C)O3)cn(-c3ccc(=O)n(C)c3)c2cc1C. The molecule has 1 aliphatic rings. The summed E-state index contributed by atoms with van der Waals surface area (Å²) in [6, 6.07) is 7.25. The standard InChI is InChI=1S/C22H24BN3O3/c1-14-10-19-16(11-18(14)24-6)17(23-28-21(2,3)22(4,5)29-23)13-26(19)15-8-9-20(27)25(7)12-15/h8-13H,1-5,7H3. The summed E-state index contributed by atoms with van der Waals surface area (Å²) in [5, 5.41) is 0.911. The predicted molar refractivity (Wildman–Crippen MR) is 115 cm³/mol. The summed E-state index contributed by atoms with van der Waals surface area (Å²) in [4.78, 5) is 15.5. The molecule has 29 heavy (non-hydrogen) atoms. The minimum absolute atomic E-state index is 0.0668. The Morgan fingerprint density at radius 2 is 1.72 bits per heavy atom. The largest absolute Gasteiger partial charge is 0.497 e. The average Bonchev–Trinajstić information content (AvgIpc) is 3.10. The number of aromatic nitrogens is 2. The lowest BCUT2D eigenvalue weighted by Crippen LogP contribution is -2.41. The Morgan fingerprint density at radius 1 is 1.07 bits per heavy atom. The van der Waals surface area contributed by atoms with Crippen LogP contribution in [-0.2, 0) is 16.4 Å². The molecule has 0 bridgehead atoms. The first-order chi connectivity index (χ1) is 13.5. The van der Waals surface area contributed by atoms with Crippen LogP contribution in [0.2, 0.25) is 0 Å². The topological polar surface area (TPSA) is 49.8 Å². The Bertz CT molecular complexity index is 1210. The zero-order chi connectivity index (χ0) is 21.1. The molecule has 0 unspecified atom stereocenters. The number of aryl methyl sites for hydroxylation is 2. The van der Waals surface area contributed by atoms with E-state index in [9.17, 15) is 4.79 Å². The van der Waals surface area contributed by atoms with E-state index in [-0.39, 0.29) is 5.56 Å². The zero-order valence-corrected chi connectivity index (χ0v) is 17.6. The van der Waals surface area contributed by atoms with Gasteiger partial charge in [-0.3, -0.25) is 4.79 Å². The van der Waals surface area contributed by atoms with Gasteiger partial charge in [-0.15, -0.1) is 0 Å². The van der Waals surface area contributed by atoms with Gasteiger partial charge in [-0.25, -0.2) is 4.85 Å². The van der Waals surface area contributed by atoms with E-state index in [1.807, 2.05) is 57.5 Å². The number of pyridine rings is 1. The molecule has 0 spiro atoms. The van der Waals surface area contributed by atoms with Crippen molar-refractivity contribution in [2.24, 2.45) is 7.05 Å². The van der Waals surface area contributed by atoms with Gasteiger partial charge < -0.3 is 18.4 Å². The van der Waals surface area contributed by atoms with Crippen molar-refractivity contribution in [2.45, 2.75) is 45.8 Å². The molecule has 0 aliphatic carbocycles. The van der Waals surface area contributed by atoms with E-state index < -0.39 is 18.3 Å². The lowest BCUT2D eigenvalue weighted by Gasteiger charge is -2.32. The highest BCUT2D eigenvalue weighted by Gasteiger charge is 2.52. The quantitative estimate of drug-likeness (QED) is 0.498. The van der Waals surface area contributed by atoms with Crippen LogP contribution < -0.4 is 11.0 Å². The summed E-state index contributed by atoms with van der Waals surface area (Å²) >= 11 is 0. The van der Waals surface area contributed by atoms with Crippen molar-refractivity contribution < 1.29 is 9.31 Å². The number of benzene rings is 1. The van der Waals surface area contributed by atoms with Crippen LogP contribution in [0.15, 0.2) is 41.5 Å². The van der Waals surface area contributed by atoms with Gasteiger partial charge in [-0.1, -0.05) is 0 Å². The Balaban J connectivity index is 1.97. The second kappa shape index (κ2) is 6.34. The smallest absolute Gasteiger partial charge is 0.399 e. The molecule has 1 saturated heterocycles. The van der Waals surface area contributed by atoms with Gasteiger partial charge in [0.2, 0.25) is 5.56 Å². The average molecular weight is 389 g/mol. The maximum atomic E-state index is 11.8. The molecule has 0 N–H and O–H groups in total. The third-order valence-electron chi connectivity index (χ3n) is 6.13. The van der Waals surface area contributed by atoms with Crippen LogP contribution in [0, 0.1) is 13.5 Å². The molecular formula is C22H24BN3O3. The van der Waals surface area contributed by atoms with Gasteiger partial charge >= 0.3 is 7.12 Å². The van der Waals surface area contributed by atoms with Crippen LogP contribution >= 0.6 is 0 Å². The van der Waals surface area contributed by atoms with Crippen molar-refractivity contribution in [3.63, 3.8) is 0 Å². The fourth-order valence-corrected chi connectivity index (χ4v) is 3.60. The number of rotatable bonds is 2. The number of nitrogens with zero attached hydrogens (tertiary/aromatic N) is 3. The van der Waals surface area contributed by atoms with E-state index in [1.165, 1.54) is 0 Å². The number of hydrogen-bond donors (Lipinski definition) is 0. The van der Waals surface area contributed by atoms with Gasteiger partial charge in [0.05, 0.1) is 29.0 Å². The van der Waals surface area contributed by atoms with Gasteiger partial charge in [0.15, 0.2) is 5.69 Å². The summed E-state index contributed by atoms with van der Waals surface area (Å²) < 4.78 is 16.1. The maximum Gasteiger partial charge on any atom is 0.497 e. The van der Waals surface area contributed by atoms with E-state index in [0.29, 0.717) is 5.69 Å². The third kappa shape index (κ3) is 3.00. The molecule has 3 aromatic rings. The molecule has 2 aromatic heterocycles. The first kappa shape index (κ1) is 19.5. The Morgan fingerprint density at radius 3 is 2.31 bits per heavy atom. The van der Waals surface area contributed by atoms with E-state index in [4.69, 9.17) is 15.9 Å². The molecule has 148 valence electrons. The Kier molecular flexibility index (Phi) is 4.27. The summed E-state index contributed by atoms with van der Waals surface area (Å²) in [5.74, 6) is 0. The van der Waals surface area contributed by atoms with Crippen molar-refractivity contribution >= 4 is 29.2 Å². The fourth-order valence-electron chi connectivity index (χ4n) is 3.60. The van der Waals surface area contributed by atoms with Crippen LogP contribution in [-0.4, -0.2) is 27.5 Å². The van der Waals surface area contributed by atoms with Crippen LogP contribution in [0.4, 0.5) is 5.69 Å². The predicted octanol–water partition coefficient (Wildman–Crippen LogP) is 3.49. The van der Waals surface area contributed by atoms with Crippen molar-refractivity contribution in [1.29, 1.82) is 0 Å². The van der Waals surface area contributed by atoms with Gasteiger partial charge in [0.25, 0.3) is 0 Å². The molecule has 7 heteroatoms. The van der Waals surface area contributed by atoms with Crippen LogP contribution in [0.3, 0.4) is 0 Å². The summed E-state index contributed by atoms with van der Waals surface area (Å²) in [5.41, 5.74) is 3.19. The first-order valence-corrected chi connectivity index (χ1v) is 9.60. The molecule has 6 nitrogen and oxygen atoms in total. The first-order valence-electron chi connectivity index (χ1n) is 9.60. The second-order valence-electron chi connectivity index (χ2n) is 8.65. The molecule has 3 heterocycles. The highest BCUT2D eigenvalue weighted by Crippen LogP contribution is 2.38. The molecule has 1 fully saturated rings. The number of fused-ring (bicyclic) bond motifs is 1. The van der Waals surface area contributed by atoms with Crippen molar-refractivity contribution in [1.82, 2.24) is 9.13 Å². The highest BCUT2D eigenvalue weighted by atomic mass is 16.7. The Labute approximate surface area is 170 Å². The van der Waals surface area contributed by atoms with Crippen LogP contribution in [0.1, 0.15) is 33.3 Å². The van der Waals surface area contributed by atoms with E-state index in [1.54, 1.807) is 29.9 Å². The molecule has 1 aliphatic heterocycles. The van der Waals surface area contributed by atoms with Gasteiger partial charge in [0, 0.05) is 31.0 Å². The lowest BCUT2D eigenvalue weighted by molar-refractivity contribution is 0.00578. The summed E-state index contributed by atoms with van der Waals surface area (Å²) in [6.45, 7) is 17.5. The fraction of sp³-hybridized carbons (Fsp3) is 0.364. The molecule has 4 rings (SSSR count). The van der Waals surface area contributed by atoms with Crippen molar-refractivity contribution in [3.8, 4) is 5.69 Å². The second-order valence-corrected chi connectivity index (χ2v) is 8.65. The molecule has 0 saturated carbocycles. The monoisotopic (exact) mass is 389 g/mol. The summed E-state index contributed by atoms with van der Waals surface area (Å²) in [7, 11) is 1.19. The van der Waals surface area contributed by atoms with E-state index >= 15 is 0 Å². The highest BCUT2D eigenvalue weighted by molar-refractivity contribution is 6.65. The van der Waals surface area contributed by atoms with Crippen LogP contribution in [0.5, 0.6) is 0 Å². The lowest BCUT2D eigenvalue weighted by atomic mass is 9.79. The zero-order valence-electron chi connectivity index (χ0n) is 17.6. The van der Waals surface area contributed by atoms with Gasteiger partial charge in [0.1, 0.15) is 0 Å². The molecule has 0 radical (unpaired) electrons. The normalized spacial score (nSPS) is 17.6. The van der Waals surface area contributed by atoms with Crippen LogP contribution in [0.25, 0.3) is 21.4 Å². The molecule has 0 atom stereocenters. The van der Waals surface area contributed by atoms with E-state index in [0.717, 1.165) is 27.6 Å². The minimum atomic E-state index is -0.544. The van der Waals surface area contributed by atoms with Gasteiger partial charge in [-0.05, 0) is 63.8 Å². The van der Waals surface area contributed by atoms with Crippen molar-refractivity contribution in [2.75, 3.05) is 0 Å². The number of hydrogen-bond acceptors (Lipinski definition) is 3. The van der Waals surface area contributed by atoms with E-state index in [2.05, 4.69) is 4.85 Å². The van der Waals surface area contributed by atoms with Crippen molar-refractivity contribution in [3.05, 3.63) is 64.0 Å². The molecular weight excluding hydrogens is 365 g/mol. The third-order valence-corrected chi connectivity index (χ3v) is 6.13. The summed E-state index contributed by atoms with van der Waals surface area (Å²) in [6.07, 6.45) is 3.79.